The average Bonchev–Trinajstić information content (AvgIpc) is 2.54. The van der Waals surface area contributed by atoms with Crippen LogP contribution in [0.25, 0.3) is 0 Å². The van der Waals surface area contributed by atoms with Crippen molar-refractivity contribution in [3.05, 3.63) is 70.8 Å². The van der Waals surface area contributed by atoms with E-state index < -0.39 is 5.97 Å². The summed E-state index contributed by atoms with van der Waals surface area (Å²) < 4.78 is 0. The van der Waals surface area contributed by atoms with Gasteiger partial charge in [-0.15, -0.1) is 0 Å². The van der Waals surface area contributed by atoms with E-state index in [1.165, 1.54) is 5.56 Å². The van der Waals surface area contributed by atoms with Crippen LogP contribution in [0.3, 0.4) is 0 Å². The zero-order valence-electron chi connectivity index (χ0n) is 13.5. The van der Waals surface area contributed by atoms with E-state index in [4.69, 9.17) is 5.11 Å². The quantitative estimate of drug-likeness (QED) is 0.890. The fourth-order valence-corrected chi connectivity index (χ4v) is 2.43. The molecule has 1 amide bonds. The van der Waals surface area contributed by atoms with Crippen LogP contribution in [0.2, 0.25) is 0 Å². The highest BCUT2D eigenvalue weighted by molar-refractivity contribution is 5.89. The highest BCUT2D eigenvalue weighted by atomic mass is 16.4. The normalized spacial score (nSPS) is 10.3. The fraction of sp³-hybridized carbons (Fsp3) is 0.263. The Morgan fingerprint density at radius 3 is 2.35 bits per heavy atom. The van der Waals surface area contributed by atoms with Gasteiger partial charge < -0.3 is 10.0 Å². The van der Waals surface area contributed by atoms with E-state index in [2.05, 4.69) is 0 Å². The molecular formula is C19H21NO3. The summed E-state index contributed by atoms with van der Waals surface area (Å²) >= 11 is 0. The van der Waals surface area contributed by atoms with Gasteiger partial charge in [-0.3, -0.25) is 4.79 Å². The summed E-state index contributed by atoms with van der Waals surface area (Å²) in [4.78, 5) is 25.1. The Balaban J connectivity index is 1.94. The molecule has 0 unspecified atom stereocenters. The van der Waals surface area contributed by atoms with Crippen LogP contribution < -0.4 is 0 Å². The summed E-state index contributed by atoms with van der Waals surface area (Å²) in [5, 5.41) is 9.16. The summed E-state index contributed by atoms with van der Waals surface area (Å²) in [6.07, 6.45) is 0.728. The lowest BCUT2D eigenvalue weighted by molar-refractivity contribution is -0.130. The molecule has 2 aromatic rings. The highest BCUT2D eigenvalue weighted by Crippen LogP contribution is 2.13. The number of nitrogens with zero attached hydrogens (tertiary/aromatic N) is 1. The Hall–Kier alpha value is -2.62. The van der Waals surface area contributed by atoms with Gasteiger partial charge in [-0.2, -0.15) is 0 Å². The van der Waals surface area contributed by atoms with Crippen molar-refractivity contribution in [2.24, 2.45) is 0 Å². The second kappa shape index (κ2) is 7.58. The Labute approximate surface area is 136 Å². The zero-order valence-corrected chi connectivity index (χ0v) is 13.5. The first-order valence-corrected chi connectivity index (χ1v) is 7.58. The molecule has 0 radical (unpaired) electrons. The number of hydrogen-bond acceptors (Lipinski definition) is 2. The number of carbonyl (C=O) groups excluding carboxylic acids is 1. The molecule has 0 heterocycles. The molecule has 0 saturated carbocycles. The SMILES string of the molecule is Cc1ccc(CN(C)C(=O)CCc2ccccc2C(=O)O)cc1. The van der Waals surface area contributed by atoms with Gasteiger partial charge in [0.05, 0.1) is 5.56 Å². The van der Waals surface area contributed by atoms with E-state index in [1.54, 1.807) is 36.2 Å². The van der Waals surface area contributed by atoms with E-state index in [0.29, 0.717) is 24.9 Å². The van der Waals surface area contributed by atoms with Crippen LogP contribution in [0.15, 0.2) is 48.5 Å². The van der Waals surface area contributed by atoms with Gasteiger partial charge in [0.2, 0.25) is 5.91 Å². The van der Waals surface area contributed by atoms with Gasteiger partial charge in [-0.25, -0.2) is 4.79 Å². The van der Waals surface area contributed by atoms with Gasteiger partial charge in [-0.1, -0.05) is 48.0 Å². The summed E-state index contributed by atoms with van der Waals surface area (Å²) in [6.45, 7) is 2.58. The molecule has 0 aliphatic heterocycles. The predicted octanol–water partition coefficient (Wildman–Crippen LogP) is 3.28. The summed E-state index contributed by atoms with van der Waals surface area (Å²) in [5.74, 6) is -0.952. The van der Waals surface area contributed by atoms with Crippen LogP contribution in [0.4, 0.5) is 0 Å². The molecule has 2 aromatic carbocycles. The van der Waals surface area contributed by atoms with Gasteiger partial charge in [0.25, 0.3) is 0 Å². The zero-order chi connectivity index (χ0) is 16.8. The van der Waals surface area contributed by atoms with Crippen LogP contribution >= 0.6 is 0 Å². The van der Waals surface area contributed by atoms with Gasteiger partial charge >= 0.3 is 5.97 Å². The number of amides is 1. The van der Waals surface area contributed by atoms with Crippen molar-refractivity contribution in [3.8, 4) is 0 Å². The van der Waals surface area contributed by atoms with Crippen LogP contribution in [-0.4, -0.2) is 28.9 Å². The molecular weight excluding hydrogens is 290 g/mol. The lowest BCUT2D eigenvalue weighted by Gasteiger charge is -2.17. The maximum Gasteiger partial charge on any atom is 0.335 e. The van der Waals surface area contributed by atoms with Crippen molar-refractivity contribution in [1.29, 1.82) is 0 Å². The first-order chi connectivity index (χ1) is 11.0. The Morgan fingerprint density at radius 2 is 1.70 bits per heavy atom. The van der Waals surface area contributed by atoms with Crippen molar-refractivity contribution < 1.29 is 14.7 Å². The van der Waals surface area contributed by atoms with Crippen LogP contribution in [0, 0.1) is 6.92 Å². The monoisotopic (exact) mass is 311 g/mol. The molecule has 0 atom stereocenters. The third-order valence-corrected chi connectivity index (χ3v) is 3.82. The Kier molecular flexibility index (Phi) is 5.52. The van der Waals surface area contributed by atoms with Gasteiger partial charge in [0.15, 0.2) is 0 Å². The lowest BCUT2D eigenvalue weighted by Crippen LogP contribution is -2.26. The van der Waals surface area contributed by atoms with Crippen LogP contribution in [0.5, 0.6) is 0 Å². The van der Waals surface area contributed by atoms with E-state index in [9.17, 15) is 9.59 Å². The summed E-state index contributed by atoms with van der Waals surface area (Å²) in [6, 6.07) is 14.9. The molecule has 120 valence electrons. The number of aromatic carboxylic acids is 1. The second-order valence-electron chi connectivity index (χ2n) is 5.70. The number of benzene rings is 2. The third-order valence-electron chi connectivity index (χ3n) is 3.82. The smallest absolute Gasteiger partial charge is 0.335 e. The van der Waals surface area contributed by atoms with Crippen molar-refractivity contribution in [2.45, 2.75) is 26.3 Å². The maximum absolute atomic E-state index is 12.2. The van der Waals surface area contributed by atoms with E-state index in [-0.39, 0.29) is 11.5 Å². The first kappa shape index (κ1) is 16.7. The standard InChI is InChI=1S/C19H21NO3/c1-14-7-9-15(10-8-14)13-20(2)18(21)12-11-16-5-3-4-6-17(16)19(22)23/h3-10H,11-13H2,1-2H3,(H,22,23). The largest absolute Gasteiger partial charge is 0.478 e. The molecule has 4 nitrogen and oxygen atoms in total. The Bertz CT molecular complexity index is 692. The summed E-state index contributed by atoms with van der Waals surface area (Å²) in [7, 11) is 1.77. The number of carboxylic acid groups (broad SMARTS) is 1. The second-order valence-corrected chi connectivity index (χ2v) is 5.70. The number of carbonyl (C=O) groups is 2. The molecule has 2 rings (SSSR count). The van der Waals surface area contributed by atoms with Crippen molar-refractivity contribution in [3.63, 3.8) is 0 Å². The molecule has 0 bridgehead atoms. The lowest BCUT2D eigenvalue weighted by atomic mass is 10.0. The van der Waals surface area contributed by atoms with Crippen molar-refractivity contribution in [1.82, 2.24) is 4.90 Å². The predicted molar refractivity (Wildman–Crippen MR) is 89.4 cm³/mol. The van der Waals surface area contributed by atoms with Crippen LogP contribution in [0.1, 0.15) is 33.5 Å². The molecule has 0 aliphatic rings. The minimum atomic E-state index is -0.957. The Morgan fingerprint density at radius 1 is 1.04 bits per heavy atom. The van der Waals surface area contributed by atoms with Gasteiger partial charge in [-0.05, 0) is 30.5 Å². The number of hydrogen-bond donors (Lipinski definition) is 1. The number of carboxylic acids is 1. The fourth-order valence-electron chi connectivity index (χ4n) is 2.43. The number of aryl methyl sites for hydroxylation is 2. The molecule has 0 aliphatic carbocycles. The molecule has 0 spiro atoms. The molecule has 4 heteroatoms. The van der Waals surface area contributed by atoms with E-state index >= 15 is 0 Å². The van der Waals surface area contributed by atoms with E-state index in [0.717, 1.165) is 5.56 Å². The minimum Gasteiger partial charge on any atom is -0.478 e. The third kappa shape index (κ3) is 4.68. The van der Waals surface area contributed by atoms with Gasteiger partial charge in [0, 0.05) is 20.0 Å². The van der Waals surface area contributed by atoms with Crippen molar-refractivity contribution in [2.75, 3.05) is 7.05 Å². The molecule has 0 aromatic heterocycles. The van der Waals surface area contributed by atoms with Crippen LogP contribution in [-0.2, 0) is 17.8 Å². The maximum atomic E-state index is 12.2. The molecule has 0 fully saturated rings. The first-order valence-electron chi connectivity index (χ1n) is 7.58. The number of rotatable bonds is 6. The topological polar surface area (TPSA) is 57.6 Å². The highest BCUT2D eigenvalue weighted by Gasteiger charge is 2.13. The summed E-state index contributed by atoms with van der Waals surface area (Å²) in [5.41, 5.74) is 3.23. The average molecular weight is 311 g/mol. The molecule has 23 heavy (non-hydrogen) atoms. The van der Waals surface area contributed by atoms with Crippen molar-refractivity contribution >= 4 is 11.9 Å². The molecule has 1 N–H and O–H groups in total. The van der Waals surface area contributed by atoms with E-state index in [1.807, 2.05) is 31.2 Å². The minimum absolute atomic E-state index is 0.00534. The molecule has 0 saturated heterocycles. The van der Waals surface area contributed by atoms with Gasteiger partial charge in [0.1, 0.15) is 0 Å².